The highest BCUT2D eigenvalue weighted by Crippen LogP contribution is 2.38. The molecule has 0 spiro atoms. The Morgan fingerprint density at radius 2 is 2.16 bits per heavy atom. The Hall–Kier alpha value is -1.33. The lowest BCUT2D eigenvalue weighted by Crippen LogP contribution is -1.84. The second kappa shape index (κ2) is 4.08. The predicted molar refractivity (Wildman–Crippen MR) is 81.5 cm³/mol. The highest BCUT2D eigenvalue weighted by molar-refractivity contribution is 9.10. The number of hydrogen-bond acceptors (Lipinski definition) is 4. The Balaban J connectivity index is 1.88. The molecule has 0 amide bonds. The Morgan fingerprint density at radius 1 is 1.26 bits per heavy atom. The first-order chi connectivity index (χ1) is 9.20. The van der Waals surface area contributed by atoms with Crippen molar-refractivity contribution < 1.29 is 4.42 Å². The van der Waals surface area contributed by atoms with Crippen molar-refractivity contribution in [1.29, 1.82) is 0 Å². The molecular weight excluding hydrogens is 324 g/mol. The molecule has 2 heterocycles. The average molecular weight is 335 g/mol. The quantitative estimate of drug-likeness (QED) is 0.671. The summed E-state index contributed by atoms with van der Waals surface area (Å²) in [5, 5.41) is 0. The Bertz CT molecular complexity index is 769. The zero-order chi connectivity index (χ0) is 13.0. The van der Waals surface area contributed by atoms with Crippen LogP contribution in [0.15, 0.2) is 27.1 Å². The zero-order valence-corrected chi connectivity index (χ0v) is 12.5. The molecular formula is C14H11BrN2OS. The maximum absolute atomic E-state index is 5.96. The van der Waals surface area contributed by atoms with E-state index in [0.29, 0.717) is 17.2 Å². The molecule has 3 aromatic rings. The number of nitrogens with zero attached hydrogens (tertiary/aromatic N) is 1. The van der Waals surface area contributed by atoms with E-state index in [1.165, 1.54) is 29.7 Å². The van der Waals surface area contributed by atoms with Crippen molar-refractivity contribution >= 4 is 44.1 Å². The second-order valence-corrected chi connectivity index (χ2v) is 6.83. The standard InChI is InChI=1S/C14H11BrN2OS/c15-8-5-9(16)13-10(6-8)17-14(18-13)12-4-7-2-1-3-11(7)19-12/h4-6H,1-3,16H2. The summed E-state index contributed by atoms with van der Waals surface area (Å²) in [4.78, 5) is 7.14. The fourth-order valence-corrected chi connectivity index (χ4v) is 4.21. The van der Waals surface area contributed by atoms with E-state index in [1.807, 2.05) is 12.1 Å². The van der Waals surface area contributed by atoms with Gasteiger partial charge in [0.05, 0.1) is 10.6 Å². The lowest BCUT2D eigenvalue weighted by Gasteiger charge is -1.93. The normalized spacial score (nSPS) is 14.2. The highest BCUT2D eigenvalue weighted by Gasteiger charge is 2.19. The van der Waals surface area contributed by atoms with Gasteiger partial charge in [0.15, 0.2) is 5.58 Å². The number of rotatable bonds is 1. The Labute approximate surface area is 122 Å². The summed E-state index contributed by atoms with van der Waals surface area (Å²) in [7, 11) is 0. The van der Waals surface area contributed by atoms with Gasteiger partial charge in [0.25, 0.3) is 0 Å². The SMILES string of the molecule is Nc1cc(Br)cc2nc(-c3cc4c(s3)CCC4)oc12. The third-order valence-corrected chi connectivity index (χ3v) is 5.12. The van der Waals surface area contributed by atoms with Crippen molar-refractivity contribution in [1.82, 2.24) is 4.98 Å². The van der Waals surface area contributed by atoms with E-state index in [2.05, 4.69) is 27.0 Å². The number of oxazole rings is 1. The maximum atomic E-state index is 5.96. The summed E-state index contributed by atoms with van der Waals surface area (Å²) >= 11 is 5.22. The second-order valence-electron chi connectivity index (χ2n) is 4.77. The van der Waals surface area contributed by atoms with Crippen molar-refractivity contribution in [2.45, 2.75) is 19.3 Å². The number of anilines is 1. The van der Waals surface area contributed by atoms with E-state index < -0.39 is 0 Å². The largest absolute Gasteiger partial charge is 0.433 e. The van der Waals surface area contributed by atoms with Gasteiger partial charge in [-0.1, -0.05) is 15.9 Å². The fraction of sp³-hybridized carbons (Fsp3) is 0.214. The summed E-state index contributed by atoms with van der Waals surface area (Å²) in [6.45, 7) is 0. The number of halogens is 1. The molecule has 5 heteroatoms. The molecule has 96 valence electrons. The third kappa shape index (κ3) is 1.80. The molecule has 4 rings (SSSR count). The maximum Gasteiger partial charge on any atom is 0.237 e. The molecule has 0 saturated carbocycles. The third-order valence-electron chi connectivity index (χ3n) is 3.44. The van der Waals surface area contributed by atoms with Crippen LogP contribution in [0.5, 0.6) is 0 Å². The van der Waals surface area contributed by atoms with Gasteiger partial charge in [-0.15, -0.1) is 11.3 Å². The van der Waals surface area contributed by atoms with E-state index in [-0.39, 0.29) is 0 Å². The Morgan fingerprint density at radius 3 is 3.00 bits per heavy atom. The molecule has 0 saturated heterocycles. The minimum Gasteiger partial charge on any atom is -0.433 e. The van der Waals surface area contributed by atoms with Crippen LogP contribution in [0.4, 0.5) is 5.69 Å². The van der Waals surface area contributed by atoms with Gasteiger partial charge in [-0.2, -0.15) is 0 Å². The monoisotopic (exact) mass is 334 g/mol. The summed E-state index contributed by atoms with van der Waals surface area (Å²) in [5.74, 6) is 0.680. The molecule has 0 aliphatic heterocycles. The van der Waals surface area contributed by atoms with Crippen molar-refractivity contribution in [3.8, 4) is 10.8 Å². The summed E-state index contributed by atoms with van der Waals surface area (Å²) in [6, 6.07) is 5.98. The molecule has 0 atom stereocenters. The van der Waals surface area contributed by atoms with Crippen LogP contribution < -0.4 is 5.73 Å². The molecule has 0 unspecified atom stereocenters. The van der Waals surface area contributed by atoms with Crippen molar-refractivity contribution in [2.75, 3.05) is 5.73 Å². The van der Waals surface area contributed by atoms with E-state index in [1.54, 1.807) is 11.3 Å². The summed E-state index contributed by atoms with van der Waals surface area (Å²) < 4.78 is 6.75. The first-order valence-corrected chi connectivity index (χ1v) is 7.79. The van der Waals surface area contributed by atoms with Gasteiger partial charge in [0, 0.05) is 9.35 Å². The summed E-state index contributed by atoms with van der Waals surface area (Å²) in [5.41, 5.74) is 9.51. The van der Waals surface area contributed by atoms with Crippen LogP contribution >= 0.6 is 27.3 Å². The molecule has 1 aromatic carbocycles. The number of benzene rings is 1. The van der Waals surface area contributed by atoms with E-state index in [0.717, 1.165) is 14.9 Å². The van der Waals surface area contributed by atoms with Crippen molar-refractivity contribution in [3.63, 3.8) is 0 Å². The Kier molecular flexibility index (Phi) is 2.47. The molecule has 3 nitrogen and oxygen atoms in total. The number of aryl methyl sites for hydroxylation is 2. The highest BCUT2D eigenvalue weighted by atomic mass is 79.9. The van der Waals surface area contributed by atoms with E-state index >= 15 is 0 Å². The molecule has 0 fully saturated rings. The smallest absolute Gasteiger partial charge is 0.237 e. The molecule has 1 aliphatic rings. The number of thiophene rings is 1. The topological polar surface area (TPSA) is 52.0 Å². The minimum atomic E-state index is 0.618. The molecule has 0 bridgehead atoms. The number of nitrogen functional groups attached to an aromatic ring is 1. The van der Waals surface area contributed by atoms with Gasteiger partial charge >= 0.3 is 0 Å². The number of aromatic nitrogens is 1. The lowest BCUT2D eigenvalue weighted by molar-refractivity contribution is 0.623. The molecule has 2 aromatic heterocycles. The van der Waals surface area contributed by atoms with Gasteiger partial charge in [-0.05, 0) is 43.0 Å². The number of fused-ring (bicyclic) bond motifs is 2. The van der Waals surface area contributed by atoms with Crippen LogP contribution in [0.1, 0.15) is 16.9 Å². The fourth-order valence-electron chi connectivity index (χ4n) is 2.56. The van der Waals surface area contributed by atoms with Crippen molar-refractivity contribution in [3.05, 3.63) is 33.1 Å². The van der Waals surface area contributed by atoms with E-state index in [4.69, 9.17) is 10.2 Å². The van der Waals surface area contributed by atoms with Crippen LogP contribution in [-0.2, 0) is 12.8 Å². The van der Waals surface area contributed by atoms with Gasteiger partial charge in [-0.3, -0.25) is 0 Å². The lowest BCUT2D eigenvalue weighted by atomic mass is 10.2. The number of nitrogens with two attached hydrogens (primary N) is 1. The summed E-state index contributed by atoms with van der Waals surface area (Å²) in [6.07, 6.45) is 3.64. The van der Waals surface area contributed by atoms with Crippen LogP contribution in [0, 0.1) is 0 Å². The van der Waals surface area contributed by atoms with Gasteiger partial charge in [-0.25, -0.2) is 4.98 Å². The van der Waals surface area contributed by atoms with Gasteiger partial charge < -0.3 is 10.2 Å². The first-order valence-electron chi connectivity index (χ1n) is 6.18. The van der Waals surface area contributed by atoms with Crippen molar-refractivity contribution in [2.24, 2.45) is 0 Å². The van der Waals surface area contributed by atoms with E-state index in [9.17, 15) is 0 Å². The minimum absolute atomic E-state index is 0.618. The van der Waals surface area contributed by atoms with Crippen LogP contribution in [0.25, 0.3) is 21.9 Å². The molecule has 19 heavy (non-hydrogen) atoms. The molecule has 0 radical (unpaired) electrons. The van der Waals surface area contributed by atoms with Crippen LogP contribution in [0.2, 0.25) is 0 Å². The predicted octanol–water partition coefficient (Wildman–Crippen LogP) is 4.39. The zero-order valence-electron chi connectivity index (χ0n) is 10.1. The average Bonchev–Trinajstić information content (AvgIpc) is 2.98. The molecule has 2 N–H and O–H groups in total. The van der Waals surface area contributed by atoms with Gasteiger partial charge in [0.1, 0.15) is 5.52 Å². The molecule has 1 aliphatic carbocycles. The van der Waals surface area contributed by atoms with Gasteiger partial charge in [0.2, 0.25) is 5.89 Å². The first kappa shape index (κ1) is 11.5. The van der Waals surface area contributed by atoms with Crippen LogP contribution in [-0.4, -0.2) is 4.98 Å². The number of hydrogen-bond donors (Lipinski definition) is 1. The van der Waals surface area contributed by atoms with Crippen LogP contribution in [0.3, 0.4) is 0 Å².